The van der Waals surface area contributed by atoms with Crippen LogP contribution < -0.4 is 5.73 Å². The minimum Gasteiger partial charge on any atom is -0.399 e. The summed E-state index contributed by atoms with van der Waals surface area (Å²) in [5.74, 6) is 2.29. The third-order valence-electron chi connectivity index (χ3n) is 3.84. The predicted molar refractivity (Wildman–Crippen MR) is 86.5 cm³/mol. The van der Waals surface area contributed by atoms with Crippen molar-refractivity contribution in [1.82, 2.24) is 20.1 Å². The van der Waals surface area contributed by atoms with Gasteiger partial charge in [0.05, 0.1) is 0 Å². The maximum absolute atomic E-state index is 5.84. The van der Waals surface area contributed by atoms with Gasteiger partial charge in [0.2, 0.25) is 0 Å². The zero-order valence-corrected chi connectivity index (χ0v) is 13.1. The Hall–Kier alpha value is -1.59. The van der Waals surface area contributed by atoms with Gasteiger partial charge in [-0.05, 0) is 44.0 Å². The largest absolute Gasteiger partial charge is 0.399 e. The van der Waals surface area contributed by atoms with Gasteiger partial charge in [0.1, 0.15) is 5.82 Å². The van der Waals surface area contributed by atoms with Crippen molar-refractivity contribution in [3.8, 4) is 0 Å². The number of H-pyrrole nitrogens is 1. The van der Waals surface area contributed by atoms with Gasteiger partial charge in [-0.25, -0.2) is 4.98 Å². The molecule has 1 aliphatic rings. The number of aromatic amines is 1. The highest BCUT2D eigenvalue weighted by Gasteiger charge is 2.24. The molecule has 1 saturated heterocycles. The van der Waals surface area contributed by atoms with Gasteiger partial charge >= 0.3 is 0 Å². The van der Waals surface area contributed by atoms with E-state index in [4.69, 9.17) is 5.73 Å². The third-order valence-corrected chi connectivity index (χ3v) is 3.84. The van der Waals surface area contributed by atoms with Crippen LogP contribution in [0.15, 0.2) is 24.3 Å². The van der Waals surface area contributed by atoms with Crippen LogP contribution in [-0.2, 0) is 6.54 Å². The van der Waals surface area contributed by atoms with Gasteiger partial charge < -0.3 is 5.73 Å². The van der Waals surface area contributed by atoms with Gasteiger partial charge in [0, 0.05) is 24.7 Å². The Bertz CT molecular complexity index is 583. The Morgan fingerprint density at radius 2 is 2.29 bits per heavy atom. The molecule has 0 amide bonds. The fourth-order valence-electron chi connectivity index (χ4n) is 2.90. The second kappa shape index (κ2) is 6.91. The molecule has 1 fully saturated rings. The molecule has 1 unspecified atom stereocenters. The molecule has 2 aromatic rings. The Balaban J connectivity index is 0.00000161. The summed E-state index contributed by atoms with van der Waals surface area (Å²) in [6.45, 7) is 5.05. The topological polar surface area (TPSA) is 70.8 Å². The number of piperidine rings is 1. The molecule has 0 bridgehead atoms. The minimum atomic E-state index is 0. The molecule has 6 heteroatoms. The molecule has 0 saturated carbocycles. The van der Waals surface area contributed by atoms with E-state index < -0.39 is 0 Å². The van der Waals surface area contributed by atoms with Crippen LogP contribution in [0.4, 0.5) is 5.69 Å². The van der Waals surface area contributed by atoms with E-state index >= 15 is 0 Å². The summed E-state index contributed by atoms with van der Waals surface area (Å²) in [4.78, 5) is 6.94. The molecular weight excluding hydrogens is 286 g/mol. The van der Waals surface area contributed by atoms with Gasteiger partial charge in [-0.2, -0.15) is 5.10 Å². The number of halogens is 1. The highest BCUT2D eigenvalue weighted by atomic mass is 35.5. The van der Waals surface area contributed by atoms with Crippen molar-refractivity contribution in [2.24, 2.45) is 0 Å². The molecule has 0 radical (unpaired) electrons. The molecule has 1 atom stereocenters. The van der Waals surface area contributed by atoms with Crippen molar-refractivity contribution in [3.05, 3.63) is 41.5 Å². The zero-order chi connectivity index (χ0) is 13.9. The molecule has 1 aliphatic heterocycles. The van der Waals surface area contributed by atoms with Crippen LogP contribution in [0.2, 0.25) is 0 Å². The Morgan fingerprint density at radius 1 is 1.43 bits per heavy atom. The van der Waals surface area contributed by atoms with Crippen LogP contribution in [0.5, 0.6) is 0 Å². The van der Waals surface area contributed by atoms with Gasteiger partial charge in [-0.1, -0.05) is 12.1 Å². The van der Waals surface area contributed by atoms with E-state index in [0.717, 1.165) is 37.0 Å². The average molecular weight is 308 g/mol. The van der Waals surface area contributed by atoms with Crippen molar-refractivity contribution in [1.29, 1.82) is 0 Å². The summed E-state index contributed by atoms with van der Waals surface area (Å²) in [6, 6.07) is 8.14. The first-order chi connectivity index (χ1) is 9.70. The minimum absolute atomic E-state index is 0. The zero-order valence-electron chi connectivity index (χ0n) is 12.2. The molecule has 5 nitrogen and oxygen atoms in total. The summed E-state index contributed by atoms with van der Waals surface area (Å²) in [5.41, 5.74) is 7.95. The fourth-order valence-corrected chi connectivity index (χ4v) is 2.90. The first kappa shape index (κ1) is 15.8. The van der Waals surface area contributed by atoms with Crippen LogP contribution in [0, 0.1) is 6.92 Å². The number of likely N-dealkylation sites (tertiary alicyclic amines) is 1. The quantitative estimate of drug-likeness (QED) is 0.855. The number of rotatable bonds is 3. The van der Waals surface area contributed by atoms with Crippen LogP contribution in [0.25, 0.3) is 0 Å². The smallest absolute Gasteiger partial charge is 0.155 e. The molecule has 114 valence electrons. The van der Waals surface area contributed by atoms with Gasteiger partial charge in [0.25, 0.3) is 0 Å². The lowest BCUT2D eigenvalue weighted by molar-refractivity contribution is 0.197. The van der Waals surface area contributed by atoms with Crippen molar-refractivity contribution in [2.45, 2.75) is 32.2 Å². The number of hydrogen-bond donors (Lipinski definition) is 2. The maximum atomic E-state index is 5.84. The number of anilines is 1. The van der Waals surface area contributed by atoms with E-state index in [2.05, 4.69) is 32.2 Å². The van der Waals surface area contributed by atoms with E-state index in [1.54, 1.807) is 0 Å². The number of nitrogens with two attached hydrogens (primary N) is 1. The molecule has 1 aromatic carbocycles. The number of aryl methyl sites for hydroxylation is 1. The number of nitrogen functional groups attached to an aromatic ring is 1. The monoisotopic (exact) mass is 307 g/mol. The number of benzene rings is 1. The molecule has 1 aromatic heterocycles. The van der Waals surface area contributed by atoms with Crippen molar-refractivity contribution < 1.29 is 0 Å². The summed E-state index contributed by atoms with van der Waals surface area (Å²) in [6.07, 6.45) is 2.37. The maximum Gasteiger partial charge on any atom is 0.155 e. The fraction of sp³-hybridized carbons (Fsp3) is 0.467. The van der Waals surface area contributed by atoms with Gasteiger partial charge in [-0.15, -0.1) is 12.4 Å². The van der Waals surface area contributed by atoms with Crippen LogP contribution in [-0.4, -0.2) is 33.2 Å². The van der Waals surface area contributed by atoms with Gasteiger partial charge in [-0.3, -0.25) is 10.00 Å². The normalized spacial score (nSPS) is 19.2. The van der Waals surface area contributed by atoms with Crippen LogP contribution >= 0.6 is 12.4 Å². The first-order valence-corrected chi connectivity index (χ1v) is 7.16. The van der Waals surface area contributed by atoms with E-state index in [-0.39, 0.29) is 12.4 Å². The Kier molecular flexibility index (Phi) is 5.20. The van der Waals surface area contributed by atoms with Crippen molar-refractivity contribution >= 4 is 18.1 Å². The number of aromatic nitrogens is 3. The molecule has 21 heavy (non-hydrogen) atoms. The number of nitrogens with one attached hydrogen (secondary N) is 1. The lowest BCUT2D eigenvalue weighted by atomic mass is 9.97. The molecule has 3 rings (SSSR count). The average Bonchev–Trinajstić information content (AvgIpc) is 2.86. The van der Waals surface area contributed by atoms with E-state index in [9.17, 15) is 0 Å². The predicted octanol–water partition coefficient (Wildman–Crippen LogP) is 2.50. The van der Waals surface area contributed by atoms with E-state index in [1.165, 1.54) is 18.4 Å². The first-order valence-electron chi connectivity index (χ1n) is 7.16. The number of nitrogens with zero attached hydrogens (tertiary/aromatic N) is 3. The molecule has 0 aliphatic carbocycles. The Labute approximate surface area is 131 Å². The summed E-state index contributed by atoms with van der Waals surface area (Å²) >= 11 is 0. The van der Waals surface area contributed by atoms with Crippen LogP contribution in [0.3, 0.4) is 0 Å². The second-order valence-electron chi connectivity index (χ2n) is 5.60. The highest BCUT2D eigenvalue weighted by Crippen LogP contribution is 2.25. The third kappa shape index (κ3) is 3.95. The molecule has 0 spiro atoms. The summed E-state index contributed by atoms with van der Waals surface area (Å²) in [7, 11) is 0. The lowest BCUT2D eigenvalue weighted by Crippen LogP contribution is -2.34. The Morgan fingerprint density at radius 3 is 3.00 bits per heavy atom. The number of hydrogen-bond acceptors (Lipinski definition) is 4. The molecule has 3 N–H and O–H groups in total. The van der Waals surface area contributed by atoms with E-state index in [1.807, 2.05) is 19.1 Å². The van der Waals surface area contributed by atoms with Crippen molar-refractivity contribution in [2.75, 3.05) is 18.8 Å². The van der Waals surface area contributed by atoms with Gasteiger partial charge in [0.15, 0.2) is 5.82 Å². The summed E-state index contributed by atoms with van der Waals surface area (Å²) < 4.78 is 0. The van der Waals surface area contributed by atoms with E-state index in [0.29, 0.717) is 5.92 Å². The molecular formula is C15H22ClN5. The van der Waals surface area contributed by atoms with Crippen LogP contribution in [0.1, 0.15) is 36.0 Å². The van der Waals surface area contributed by atoms with Crippen molar-refractivity contribution in [3.63, 3.8) is 0 Å². The highest BCUT2D eigenvalue weighted by molar-refractivity contribution is 5.85. The standard InChI is InChI=1S/C15H21N5.ClH/c1-11-17-15(19-18-11)13-5-3-7-20(10-13)9-12-4-2-6-14(16)8-12;/h2,4,6,8,13H,3,5,7,9-10,16H2,1H3,(H,17,18,19);1H. The SMILES string of the molecule is Cc1nc(C2CCCN(Cc3cccc(N)c3)C2)n[nH]1.Cl. The lowest BCUT2D eigenvalue weighted by Gasteiger charge is -2.31. The second-order valence-corrected chi connectivity index (χ2v) is 5.60. The molecule has 2 heterocycles. The summed E-state index contributed by atoms with van der Waals surface area (Å²) in [5, 5.41) is 7.25.